The Bertz CT molecular complexity index is 1600. The number of carbonyl (C=O) groups is 2. The van der Waals surface area contributed by atoms with Crippen LogP contribution in [0.2, 0.25) is 5.02 Å². The fraction of sp³-hybridized carbons (Fsp3) is 0.394. The number of likely N-dealkylation sites (tertiary alicyclic amines) is 2. The molecular weight excluding hydrogens is 601 g/mol. The lowest BCUT2D eigenvalue weighted by molar-refractivity contribution is -0.137. The van der Waals surface area contributed by atoms with Gasteiger partial charge >= 0.3 is 6.18 Å². The molecule has 2 saturated heterocycles. The molecule has 3 aromatic carbocycles. The van der Waals surface area contributed by atoms with E-state index in [0.29, 0.717) is 43.6 Å². The van der Waals surface area contributed by atoms with Crippen molar-refractivity contribution < 1.29 is 31.5 Å². The molecular formula is C33H31ClF5N3O2. The van der Waals surface area contributed by atoms with Gasteiger partial charge in [0.25, 0.3) is 11.8 Å². The number of carbonyl (C=O) groups excluding carboxylic acids is 2. The van der Waals surface area contributed by atoms with Gasteiger partial charge in [-0.05, 0) is 110 Å². The first-order valence-electron chi connectivity index (χ1n) is 14.7. The molecule has 1 aliphatic carbocycles. The molecule has 2 fully saturated rings. The van der Waals surface area contributed by atoms with E-state index < -0.39 is 35.3 Å². The molecule has 0 radical (unpaired) electrons. The van der Waals surface area contributed by atoms with Crippen LogP contribution in [0.15, 0.2) is 54.6 Å². The minimum atomic E-state index is -4.61. The number of alkyl halides is 3. The van der Waals surface area contributed by atoms with Gasteiger partial charge in [0.15, 0.2) is 0 Å². The van der Waals surface area contributed by atoms with E-state index in [0.717, 1.165) is 73.8 Å². The molecule has 2 heterocycles. The van der Waals surface area contributed by atoms with Crippen LogP contribution >= 0.6 is 11.6 Å². The zero-order valence-corrected chi connectivity index (χ0v) is 24.6. The molecule has 11 heteroatoms. The summed E-state index contributed by atoms with van der Waals surface area (Å²) in [6.45, 7) is 3.03. The summed E-state index contributed by atoms with van der Waals surface area (Å²) in [5, 5.41) is 2.74. The SMILES string of the molecule is O=C(NC1CCc2ccc(C(=O)N3CCC4(CCN(Cc5cc(F)ccc5F)CC4)C3)cc21)c1cc(C(F)(F)F)ccc1Cl. The van der Waals surface area contributed by atoms with Crippen LogP contribution in [0.25, 0.3) is 0 Å². The van der Waals surface area contributed by atoms with Crippen LogP contribution in [0.1, 0.15) is 74.7 Å². The van der Waals surface area contributed by atoms with E-state index in [1.165, 1.54) is 6.07 Å². The van der Waals surface area contributed by atoms with E-state index in [9.17, 15) is 31.5 Å². The average molecular weight is 632 g/mol. The summed E-state index contributed by atoms with van der Waals surface area (Å²) in [4.78, 5) is 30.6. The van der Waals surface area contributed by atoms with Gasteiger partial charge < -0.3 is 10.2 Å². The second-order valence-corrected chi connectivity index (χ2v) is 12.6. The van der Waals surface area contributed by atoms with Crippen molar-refractivity contribution in [2.75, 3.05) is 26.2 Å². The molecule has 0 aromatic heterocycles. The zero-order chi connectivity index (χ0) is 31.2. The Balaban J connectivity index is 1.09. The first-order valence-corrected chi connectivity index (χ1v) is 15.0. The number of nitrogens with zero attached hydrogens (tertiary/aromatic N) is 2. The van der Waals surface area contributed by atoms with Crippen LogP contribution in [0.5, 0.6) is 0 Å². The molecule has 2 aliphatic heterocycles. The summed E-state index contributed by atoms with van der Waals surface area (Å²) < 4.78 is 67.4. The van der Waals surface area contributed by atoms with Gasteiger partial charge in [-0.15, -0.1) is 0 Å². The number of piperidine rings is 1. The largest absolute Gasteiger partial charge is 0.416 e. The van der Waals surface area contributed by atoms with Crippen molar-refractivity contribution in [1.29, 1.82) is 0 Å². The molecule has 3 aliphatic rings. The molecule has 44 heavy (non-hydrogen) atoms. The normalized spacial score (nSPS) is 19.8. The summed E-state index contributed by atoms with van der Waals surface area (Å²) in [7, 11) is 0. The van der Waals surface area contributed by atoms with Crippen LogP contribution in [-0.4, -0.2) is 47.8 Å². The molecule has 1 spiro atoms. The minimum Gasteiger partial charge on any atom is -0.345 e. The maximum absolute atomic E-state index is 14.1. The second-order valence-electron chi connectivity index (χ2n) is 12.2. The number of hydrogen-bond acceptors (Lipinski definition) is 3. The highest BCUT2D eigenvalue weighted by atomic mass is 35.5. The first-order chi connectivity index (χ1) is 20.9. The van der Waals surface area contributed by atoms with Gasteiger partial charge in [0.05, 0.1) is 22.2 Å². The van der Waals surface area contributed by atoms with Gasteiger partial charge in [-0.2, -0.15) is 13.2 Å². The molecule has 1 N–H and O–H groups in total. The highest BCUT2D eigenvalue weighted by Crippen LogP contribution is 2.42. The zero-order valence-electron chi connectivity index (χ0n) is 23.8. The topological polar surface area (TPSA) is 52.7 Å². The third kappa shape index (κ3) is 6.19. The van der Waals surface area contributed by atoms with Crippen LogP contribution in [-0.2, 0) is 19.1 Å². The van der Waals surface area contributed by atoms with E-state index in [2.05, 4.69) is 10.2 Å². The van der Waals surface area contributed by atoms with Crippen LogP contribution in [0, 0.1) is 17.0 Å². The number of aryl methyl sites for hydroxylation is 1. The van der Waals surface area contributed by atoms with Gasteiger partial charge in [0.2, 0.25) is 0 Å². The standard InChI is InChI=1S/C33H31ClF5N3O2/c34-27-6-4-23(33(37,38)39)17-26(27)30(43)40-29-8-3-20-1-2-21(16-25(20)29)31(44)42-14-11-32(19-42)9-12-41(13-10-32)18-22-15-24(35)5-7-28(22)36/h1-2,4-7,15-17,29H,3,8-14,18-19H2,(H,40,43). The van der Waals surface area contributed by atoms with E-state index in [1.54, 1.807) is 12.1 Å². The summed E-state index contributed by atoms with van der Waals surface area (Å²) in [6, 6.07) is 11.1. The van der Waals surface area contributed by atoms with Crippen LogP contribution in [0.4, 0.5) is 22.0 Å². The highest BCUT2D eigenvalue weighted by Gasteiger charge is 2.42. The number of amides is 2. The van der Waals surface area contributed by atoms with E-state index >= 15 is 0 Å². The summed E-state index contributed by atoms with van der Waals surface area (Å²) in [5.41, 5.74) is 1.36. The Hall–Kier alpha value is -3.50. The third-order valence-corrected chi connectivity index (χ3v) is 9.69. The smallest absolute Gasteiger partial charge is 0.345 e. The van der Waals surface area contributed by atoms with Gasteiger partial charge in [0, 0.05) is 30.8 Å². The predicted molar refractivity (Wildman–Crippen MR) is 155 cm³/mol. The molecule has 2 amide bonds. The Kier molecular flexibility index (Phi) is 8.17. The summed E-state index contributed by atoms with van der Waals surface area (Å²) in [5.74, 6) is -1.68. The monoisotopic (exact) mass is 631 g/mol. The fourth-order valence-electron chi connectivity index (χ4n) is 6.79. The molecule has 1 unspecified atom stereocenters. The lowest BCUT2D eigenvalue weighted by Crippen LogP contribution is -2.42. The maximum atomic E-state index is 14.1. The number of halogens is 6. The number of nitrogens with one attached hydrogen (secondary N) is 1. The second kappa shape index (κ2) is 11.8. The fourth-order valence-corrected chi connectivity index (χ4v) is 6.99. The van der Waals surface area contributed by atoms with Crippen molar-refractivity contribution >= 4 is 23.4 Å². The molecule has 1 atom stereocenters. The number of rotatable bonds is 5. The van der Waals surface area contributed by atoms with E-state index in [4.69, 9.17) is 11.6 Å². The van der Waals surface area contributed by atoms with Gasteiger partial charge in [-0.3, -0.25) is 14.5 Å². The highest BCUT2D eigenvalue weighted by molar-refractivity contribution is 6.33. The van der Waals surface area contributed by atoms with Crippen molar-refractivity contribution in [2.24, 2.45) is 5.41 Å². The molecule has 5 nitrogen and oxygen atoms in total. The van der Waals surface area contributed by atoms with Gasteiger partial charge in [-0.25, -0.2) is 8.78 Å². The van der Waals surface area contributed by atoms with Crippen LogP contribution in [0.3, 0.4) is 0 Å². The third-order valence-electron chi connectivity index (χ3n) is 9.36. The van der Waals surface area contributed by atoms with E-state index in [-0.39, 0.29) is 21.9 Å². The average Bonchev–Trinajstić information content (AvgIpc) is 3.59. The van der Waals surface area contributed by atoms with Crippen molar-refractivity contribution in [3.05, 3.63) is 105 Å². The molecule has 0 saturated carbocycles. The summed E-state index contributed by atoms with van der Waals surface area (Å²) in [6.07, 6.45) is -0.829. The lowest BCUT2D eigenvalue weighted by Gasteiger charge is -2.39. The molecule has 6 rings (SSSR count). The Labute approximate surface area is 257 Å². The lowest BCUT2D eigenvalue weighted by atomic mass is 9.77. The number of hydrogen-bond donors (Lipinski definition) is 1. The quantitative estimate of drug-likeness (QED) is 0.304. The maximum Gasteiger partial charge on any atom is 0.416 e. The van der Waals surface area contributed by atoms with Crippen molar-refractivity contribution in [3.8, 4) is 0 Å². The van der Waals surface area contributed by atoms with Crippen molar-refractivity contribution in [3.63, 3.8) is 0 Å². The molecule has 232 valence electrons. The Morgan fingerprint density at radius 1 is 0.955 bits per heavy atom. The summed E-state index contributed by atoms with van der Waals surface area (Å²) >= 11 is 6.07. The minimum absolute atomic E-state index is 0.0237. The first kappa shape index (κ1) is 30.5. The Morgan fingerprint density at radius 3 is 2.45 bits per heavy atom. The molecule has 3 aromatic rings. The van der Waals surface area contributed by atoms with Crippen LogP contribution < -0.4 is 5.32 Å². The molecule has 0 bridgehead atoms. The predicted octanol–water partition coefficient (Wildman–Crippen LogP) is 7.18. The number of benzene rings is 3. The Morgan fingerprint density at radius 2 is 1.70 bits per heavy atom. The van der Waals surface area contributed by atoms with E-state index in [1.807, 2.05) is 11.0 Å². The van der Waals surface area contributed by atoms with Gasteiger partial charge in [0.1, 0.15) is 11.6 Å². The number of fused-ring (bicyclic) bond motifs is 1. The van der Waals surface area contributed by atoms with Crippen molar-refractivity contribution in [1.82, 2.24) is 15.1 Å². The van der Waals surface area contributed by atoms with Gasteiger partial charge in [-0.1, -0.05) is 17.7 Å². The van der Waals surface area contributed by atoms with Crippen molar-refractivity contribution in [2.45, 2.75) is 50.9 Å².